The van der Waals surface area contributed by atoms with E-state index in [1.165, 1.54) is 0 Å². The molecule has 104 valence electrons. The van der Waals surface area contributed by atoms with Gasteiger partial charge in [-0.05, 0) is 31.2 Å². The Kier molecular flexibility index (Phi) is 3.35. The summed E-state index contributed by atoms with van der Waals surface area (Å²) in [5.41, 5.74) is 0. The second-order valence-electron chi connectivity index (χ2n) is 4.67. The van der Waals surface area contributed by atoms with Crippen molar-refractivity contribution in [3.05, 3.63) is 23.3 Å². The molecule has 1 N–H and O–H groups in total. The van der Waals surface area contributed by atoms with Gasteiger partial charge in [0.15, 0.2) is 5.82 Å². The van der Waals surface area contributed by atoms with E-state index in [1.807, 2.05) is 17.5 Å². The zero-order valence-corrected chi connectivity index (χ0v) is 11.8. The fourth-order valence-corrected chi connectivity index (χ4v) is 3.03. The standard InChI is InChI=1S/C13H14N4O2S/c1-8-14-11(10-5-3-7-20-10)16-13(15-8)17-6-2-4-9(17)12(18)19/h3,5,7,9H,2,4,6H2,1H3,(H,18,19). The first-order valence-corrected chi connectivity index (χ1v) is 7.29. The number of carboxylic acid groups (broad SMARTS) is 1. The minimum absolute atomic E-state index is 0.464. The Morgan fingerprint density at radius 3 is 3.00 bits per heavy atom. The van der Waals surface area contributed by atoms with E-state index in [9.17, 15) is 9.90 Å². The lowest BCUT2D eigenvalue weighted by Crippen LogP contribution is -2.37. The van der Waals surface area contributed by atoms with Gasteiger partial charge >= 0.3 is 5.97 Å². The molecule has 3 heterocycles. The van der Waals surface area contributed by atoms with Crippen molar-refractivity contribution in [1.82, 2.24) is 15.0 Å². The van der Waals surface area contributed by atoms with Gasteiger partial charge in [0, 0.05) is 6.54 Å². The summed E-state index contributed by atoms with van der Waals surface area (Å²) >= 11 is 1.56. The molecule has 2 aromatic heterocycles. The van der Waals surface area contributed by atoms with Crippen molar-refractivity contribution in [2.75, 3.05) is 11.4 Å². The van der Waals surface area contributed by atoms with E-state index in [0.29, 0.717) is 30.6 Å². The summed E-state index contributed by atoms with van der Waals surface area (Å²) < 4.78 is 0. The number of rotatable bonds is 3. The molecule has 7 heteroatoms. The van der Waals surface area contributed by atoms with Gasteiger partial charge in [-0.15, -0.1) is 11.3 Å². The maximum absolute atomic E-state index is 11.3. The van der Waals surface area contributed by atoms with Crippen LogP contribution in [0.15, 0.2) is 17.5 Å². The zero-order chi connectivity index (χ0) is 14.1. The summed E-state index contributed by atoms with van der Waals surface area (Å²) in [6.07, 6.45) is 1.48. The van der Waals surface area contributed by atoms with Crippen LogP contribution in [0.3, 0.4) is 0 Å². The van der Waals surface area contributed by atoms with Crippen LogP contribution in [0.1, 0.15) is 18.7 Å². The lowest BCUT2D eigenvalue weighted by Gasteiger charge is -2.21. The van der Waals surface area contributed by atoms with Crippen LogP contribution < -0.4 is 4.90 Å². The highest BCUT2D eigenvalue weighted by Crippen LogP contribution is 2.26. The molecule has 0 saturated carbocycles. The van der Waals surface area contributed by atoms with Gasteiger partial charge in [-0.3, -0.25) is 0 Å². The second-order valence-corrected chi connectivity index (χ2v) is 5.62. The maximum Gasteiger partial charge on any atom is 0.326 e. The van der Waals surface area contributed by atoms with Crippen molar-refractivity contribution in [3.8, 4) is 10.7 Å². The van der Waals surface area contributed by atoms with Gasteiger partial charge in [0.05, 0.1) is 4.88 Å². The largest absolute Gasteiger partial charge is 0.480 e. The number of thiophene rings is 1. The van der Waals surface area contributed by atoms with E-state index in [0.717, 1.165) is 11.3 Å². The van der Waals surface area contributed by atoms with E-state index in [-0.39, 0.29) is 0 Å². The van der Waals surface area contributed by atoms with Crippen molar-refractivity contribution >= 4 is 23.3 Å². The summed E-state index contributed by atoms with van der Waals surface area (Å²) in [4.78, 5) is 27.1. The molecule has 0 aliphatic carbocycles. The molecule has 6 nitrogen and oxygen atoms in total. The Morgan fingerprint density at radius 1 is 1.45 bits per heavy atom. The van der Waals surface area contributed by atoms with Crippen molar-refractivity contribution in [2.45, 2.75) is 25.8 Å². The number of aromatic nitrogens is 3. The first-order valence-electron chi connectivity index (χ1n) is 6.41. The Hall–Kier alpha value is -2.02. The van der Waals surface area contributed by atoms with Crippen molar-refractivity contribution in [1.29, 1.82) is 0 Å². The molecule has 1 fully saturated rings. The third-order valence-corrected chi connectivity index (χ3v) is 4.14. The number of aryl methyl sites for hydroxylation is 1. The number of hydrogen-bond acceptors (Lipinski definition) is 6. The molecule has 1 unspecified atom stereocenters. The summed E-state index contributed by atoms with van der Waals surface area (Å²) in [7, 11) is 0. The van der Waals surface area contributed by atoms with Gasteiger partial charge < -0.3 is 10.0 Å². The molecule has 0 bridgehead atoms. The van der Waals surface area contributed by atoms with Crippen LogP contribution in [0.2, 0.25) is 0 Å². The maximum atomic E-state index is 11.3. The predicted octanol–water partition coefficient (Wildman–Crippen LogP) is 1.96. The molecule has 0 amide bonds. The number of hydrogen-bond donors (Lipinski definition) is 1. The third kappa shape index (κ3) is 2.36. The van der Waals surface area contributed by atoms with Crippen LogP contribution in [0.4, 0.5) is 5.95 Å². The van der Waals surface area contributed by atoms with Gasteiger partial charge in [-0.25, -0.2) is 9.78 Å². The van der Waals surface area contributed by atoms with Crippen LogP contribution in [-0.4, -0.2) is 38.6 Å². The van der Waals surface area contributed by atoms with Crippen molar-refractivity contribution < 1.29 is 9.90 Å². The minimum atomic E-state index is -0.821. The monoisotopic (exact) mass is 290 g/mol. The topological polar surface area (TPSA) is 79.2 Å². The Labute approximate surface area is 120 Å². The van der Waals surface area contributed by atoms with Gasteiger partial charge in [0.25, 0.3) is 0 Å². The lowest BCUT2D eigenvalue weighted by molar-refractivity contribution is -0.138. The average molecular weight is 290 g/mol. The average Bonchev–Trinajstić information content (AvgIpc) is 3.09. The molecule has 0 spiro atoms. The summed E-state index contributed by atoms with van der Waals surface area (Å²) in [5.74, 6) is 0.858. The van der Waals surface area contributed by atoms with Crippen LogP contribution in [0.25, 0.3) is 10.7 Å². The molecular weight excluding hydrogens is 276 g/mol. The van der Waals surface area contributed by atoms with Crippen molar-refractivity contribution in [3.63, 3.8) is 0 Å². The quantitative estimate of drug-likeness (QED) is 0.931. The Morgan fingerprint density at radius 2 is 2.30 bits per heavy atom. The summed E-state index contributed by atoms with van der Waals surface area (Å²) in [6.45, 7) is 2.47. The fourth-order valence-electron chi connectivity index (χ4n) is 2.37. The number of anilines is 1. The highest BCUT2D eigenvalue weighted by atomic mass is 32.1. The first-order chi connectivity index (χ1) is 9.65. The molecule has 1 saturated heterocycles. The van der Waals surface area contributed by atoms with Gasteiger partial charge in [-0.1, -0.05) is 6.07 Å². The zero-order valence-electron chi connectivity index (χ0n) is 11.0. The smallest absolute Gasteiger partial charge is 0.326 e. The SMILES string of the molecule is Cc1nc(-c2cccs2)nc(N2CCCC2C(=O)O)n1. The van der Waals surface area contributed by atoms with E-state index in [4.69, 9.17) is 0 Å². The van der Waals surface area contributed by atoms with Crippen LogP contribution in [0.5, 0.6) is 0 Å². The fraction of sp³-hybridized carbons (Fsp3) is 0.385. The number of nitrogens with zero attached hydrogens (tertiary/aromatic N) is 4. The van der Waals surface area contributed by atoms with E-state index >= 15 is 0 Å². The molecule has 2 aromatic rings. The van der Waals surface area contributed by atoms with Crippen LogP contribution in [0, 0.1) is 6.92 Å². The van der Waals surface area contributed by atoms with Gasteiger partial charge in [-0.2, -0.15) is 9.97 Å². The van der Waals surface area contributed by atoms with Crippen LogP contribution >= 0.6 is 11.3 Å². The van der Waals surface area contributed by atoms with Gasteiger partial charge in [0.2, 0.25) is 5.95 Å². The molecular formula is C13H14N4O2S. The Balaban J connectivity index is 2.00. The van der Waals surface area contributed by atoms with Gasteiger partial charge in [0.1, 0.15) is 11.9 Å². The van der Waals surface area contributed by atoms with E-state index in [2.05, 4.69) is 15.0 Å². The predicted molar refractivity (Wildman–Crippen MR) is 75.9 cm³/mol. The Bertz CT molecular complexity index is 629. The molecule has 3 rings (SSSR count). The number of aliphatic carboxylic acids is 1. The number of carboxylic acids is 1. The van der Waals surface area contributed by atoms with Crippen LogP contribution in [-0.2, 0) is 4.79 Å². The summed E-state index contributed by atoms with van der Waals surface area (Å²) in [6, 6.07) is 3.35. The second kappa shape index (κ2) is 5.16. The number of carbonyl (C=O) groups is 1. The van der Waals surface area contributed by atoms with Crippen molar-refractivity contribution in [2.24, 2.45) is 0 Å². The molecule has 1 aliphatic heterocycles. The van der Waals surface area contributed by atoms with E-state index in [1.54, 1.807) is 23.2 Å². The normalized spacial score (nSPS) is 18.4. The molecule has 0 radical (unpaired) electrons. The summed E-state index contributed by atoms with van der Waals surface area (Å²) in [5, 5.41) is 11.2. The highest BCUT2D eigenvalue weighted by Gasteiger charge is 2.32. The van der Waals surface area contributed by atoms with E-state index < -0.39 is 12.0 Å². The molecule has 20 heavy (non-hydrogen) atoms. The third-order valence-electron chi connectivity index (χ3n) is 3.27. The molecule has 1 aliphatic rings. The highest BCUT2D eigenvalue weighted by molar-refractivity contribution is 7.13. The molecule has 1 atom stereocenters. The molecule has 0 aromatic carbocycles. The minimum Gasteiger partial charge on any atom is -0.480 e. The first kappa shape index (κ1) is 13.0. The lowest BCUT2D eigenvalue weighted by atomic mass is 10.2.